The van der Waals surface area contributed by atoms with Gasteiger partial charge >= 0.3 is 5.97 Å². The molecule has 2 aromatic rings. The summed E-state index contributed by atoms with van der Waals surface area (Å²) in [6, 6.07) is 5.03. The molecule has 0 bridgehead atoms. The lowest BCUT2D eigenvalue weighted by molar-refractivity contribution is 0.0513. The summed E-state index contributed by atoms with van der Waals surface area (Å²) in [4.78, 5) is 23.9. The van der Waals surface area contributed by atoms with E-state index < -0.39 is 5.97 Å². The number of pyridine rings is 1. The highest BCUT2D eigenvalue weighted by Crippen LogP contribution is 2.16. The van der Waals surface area contributed by atoms with Gasteiger partial charge in [0, 0.05) is 12.4 Å². The van der Waals surface area contributed by atoms with Crippen molar-refractivity contribution in [2.45, 2.75) is 20.0 Å². The molecule has 2 aromatic heterocycles. The van der Waals surface area contributed by atoms with Gasteiger partial charge in [-0.05, 0) is 32.0 Å². The Morgan fingerprint density at radius 2 is 2.14 bits per heavy atom. The SMILES string of the molecule is CC(C)Oc1ncccc1C(=O)OCCNc1ccncn1. The highest BCUT2D eigenvalue weighted by molar-refractivity contribution is 5.91. The molecule has 22 heavy (non-hydrogen) atoms. The van der Waals surface area contributed by atoms with Crippen molar-refractivity contribution >= 4 is 11.8 Å². The van der Waals surface area contributed by atoms with E-state index in [4.69, 9.17) is 9.47 Å². The van der Waals surface area contributed by atoms with Crippen molar-refractivity contribution in [2.24, 2.45) is 0 Å². The van der Waals surface area contributed by atoms with Crippen LogP contribution in [0.1, 0.15) is 24.2 Å². The Morgan fingerprint density at radius 3 is 2.86 bits per heavy atom. The van der Waals surface area contributed by atoms with E-state index in [2.05, 4.69) is 20.3 Å². The fourth-order valence-corrected chi connectivity index (χ4v) is 1.66. The van der Waals surface area contributed by atoms with Crippen molar-refractivity contribution < 1.29 is 14.3 Å². The third kappa shape index (κ3) is 4.69. The molecule has 116 valence electrons. The number of carbonyl (C=O) groups excluding carboxylic acids is 1. The van der Waals surface area contributed by atoms with Crippen molar-refractivity contribution in [3.63, 3.8) is 0 Å². The fraction of sp³-hybridized carbons (Fsp3) is 0.333. The Hall–Kier alpha value is -2.70. The van der Waals surface area contributed by atoms with Crippen LogP contribution in [-0.4, -0.2) is 40.2 Å². The number of carbonyl (C=O) groups is 1. The third-order valence-electron chi connectivity index (χ3n) is 2.56. The Labute approximate surface area is 128 Å². The summed E-state index contributed by atoms with van der Waals surface area (Å²) < 4.78 is 10.7. The van der Waals surface area contributed by atoms with Crippen molar-refractivity contribution in [1.29, 1.82) is 0 Å². The van der Waals surface area contributed by atoms with Gasteiger partial charge in [0.1, 0.15) is 24.3 Å². The summed E-state index contributed by atoms with van der Waals surface area (Å²) >= 11 is 0. The molecule has 2 heterocycles. The lowest BCUT2D eigenvalue weighted by atomic mass is 10.3. The number of nitrogens with zero attached hydrogens (tertiary/aromatic N) is 3. The highest BCUT2D eigenvalue weighted by atomic mass is 16.5. The second-order valence-corrected chi connectivity index (χ2v) is 4.68. The Kier molecular flexibility index (Phi) is 5.65. The zero-order chi connectivity index (χ0) is 15.8. The molecule has 0 aliphatic heterocycles. The zero-order valence-electron chi connectivity index (χ0n) is 12.5. The highest BCUT2D eigenvalue weighted by Gasteiger charge is 2.15. The normalized spacial score (nSPS) is 10.3. The van der Waals surface area contributed by atoms with Gasteiger partial charge in [-0.2, -0.15) is 0 Å². The summed E-state index contributed by atoms with van der Waals surface area (Å²) in [6.07, 6.45) is 4.58. The van der Waals surface area contributed by atoms with Gasteiger partial charge in [-0.15, -0.1) is 0 Å². The summed E-state index contributed by atoms with van der Waals surface area (Å²) in [7, 11) is 0. The second-order valence-electron chi connectivity index (χ2n) is 4.68. The van der Waals surface area contributed by atoms with Gasteiger partial charge in [-0.1, -0.05) is 0 Å². The maximum Gasteiger partial charge on any atom is 0.343 e. The first-order valence-electron chi connectivity index (χ1n) is 6.95. The number of hydrogen-bond donors (Lipinski definition) is 1. The standard InChI is InChI=1S/C15H18N4O3/c1-11(2)22-14-12(4-3-6-18-14)15(20)21-9-8-17-13-5-7-16-10-19-13/h3-7,10-11H,8-9H2,1-2H3,(H,16,17,19). The number of aromatic nitrogens is 3. The van der Waals surface area contributed by atoms with E-state index in [9.17, 15) is 4.79 Å². The first kappa shape index (κ1) is 15.7. The van der Waals surface area contributed by atoms with E-state index in [-0.39, 0.29) is 18.6 Å². The number of rotatable bonds is 7. The monoisotopic (exact) mass is 302 g/mol. The van der Waals surface area contributed by atoms with Gasteiger partial charge in [0.05, 0.1) is 12.6 Å². The van der Waals surface area contributed by atoms with Crippen LogP contribution in [-0.2, 0) is 4.74 Å². The van der Waals surface area contributed by atoms with Crippen LogP contribution in [0, 0.1) is 0 Å². The van der Waals surface area contributed by atoms with Crippen LogP contribution in [0.3, 0.4) is 0 Å². The number of hydrogen-bond acceptors (Lipinski definition) is 7. The topological polar surface area (TPSA) is 86.2 Å². The largest absolute Gasteiger partial charge is 0.474 e. The van der Waals surface area contributed by atoms with Crippen LogP contribution < -0.4 is 10.1 Å². The molecule has 0 spiro atoms. The molecule has 2 rings (SSSR count). The zero-order valence-corrected chi connectivity index (χ0v) is 12.5. The van der Waals surface area contributed by atoms with E-state index in [1.165, 1.54) is 6.33 Å². The molecule has 0 saturated carbocycles. The molecule has 0 amide bonds. The molecule has 0 aliphatic carbocycles. The maximum atomic E-state index is 12.1. The predicted molar refractivity (Wildman–Crippen MR) is 80.8 cm³/mol. The van der Waals surface area contributed by atoms with Gasteiger partial charge in [0.15, 0.2) is 0 Å². The van der Waals surface area contributed by atoms with Gasteiger partial charge in [0.2, 0.25) is 5.88 Å². The molecule has 0 aromatic carbocycles. The molecule has 0 radical (unpaired) electrons. The molecule has 0 unspecified atom stereocenters. The van der Waals surface area contributed by atoms with Crippen LogP contribution in [0.4, 0.5) is 5.82 Å². The summed E-state index contributed by atoms with van der Waals surface area (Å²) in [5.74, 6) is 0.496. The quantitative estimate of drug-likeness (QED) is 0.617. The number of anilines is 1. The Morgan fingerprint density at radius 1 is 1.27 bits per heavy atom. The van der Waals surface area contributed by atoms with Crippen molar-refractivity contribution in [3.05, 3.63) is 42.5 Å². The summed E-state index contributed by atoms with van der Waals surface area (Å²) in [5, 5.41) is 3.02. The number of nitrogens with one attached hydrogen (secondary N) is 1. The minimum absolute atomic E-state index is 0.0686. The van der Waals surface area contributed by atoms with E-state index >= 15 is 0 Å². The van der Waals surface area contributed by atoms with E-state index in [0.717, 1.165) is 0 Å². The van der Waals surface area contributed by atoms with Gasteiger partial charge in [0.25, 0.3) is 0 Å². The molecule has 0 atom stereocenters. The van der Waals surface area contributed by atoms with Crippen molar-refractivity contribution in [3.8, 4) is 5.88 Å². The number of ether oxygens (including phenoxy) is 2. The van der Waals surface area contributed by atoms with Crippen LogP contribution >= 0.6 is 0 Å². The average molecular weight is 302 g/mol. The van der Waals surface area contributed by atoms with Crippen molar-refractivity contribution in [1.82, 2.24) is 15.0 Å². The lowest BCUT2D eigenvalue weighted by Crippen LogP contribution is -2.17. The minimum atomic E-state index is -0.465. The molecule has 0 fully saturated rings. The van der Waals surface area contributed by atoms with Crippen molar-refractivity contribution in [2.75, 3.05) is 18.5 Å². The second kappa shape index (κ2) is 7.92. The summed E-state index contributed by atoms with van der Waals surface area (Å²) in [6.45, 7) is 4.40. The first-order chi connectivity index (χ1) is 10.7. The smallest absolute Gasteiger partial charge is 0.343 e. The molecule has 0 saturated heterocycles. The van der Waals surface area contributed by atoms with E-state index in [1.807, 2.05) is 13.8 Å². The molecular weight excluding hydrogens is 284 g/mol. The summed E-state index contributed by atoms with van der Waals surface area (Å²) in [5.41, 5.74) is 0.318. The molecule has 7 nitrogen and oxygen atoms in total. The van der Waals surface area contributed by atoms with Crippen LogP contribution in [0.2, 0.25) is 0 Å². The minimum Gasteiger partial charge on any atom is -0.474 e. The van der Waals surface area contributed by atoms with Crippen LogP contribution in [0.5, 0.6) is 5.88 Å². The van der Waals surface area contributed by atoms with E-state index in [1.54, 1.807) is 30.6 Å². The van der Waals surface area contributed by atoms with Gasteiger partial charge < -0.3 is 14.8 Å². The van der Waals surface area contributed by atoms with Crippen LogP contribution in [0.15, 0.2) is 36.9 Å². The maximum absolute atomic E-state index is 12.1. The predicted octanol–water partition coefficient (Wildman–Crippen LogP) is 1.93. The van der Waals surface area contributed by atoms with Crippen LogP contribution in [0.25, 0.3) is 0 Å². The Bertz CT molecular complexity index is 605. The fourth-order valence-electron chi connectivity index (χ4n) is 1.66. The molecule has 1 N–H and O–H groups in total. The van der Waals surface area contributed by atoms with Gasteiger partial charge in [-0.3, -0.25) is 0 Å². The molecule has 7 heteroatoms. The molecule has 0 aliphatic rings. The lowest BCUT2D eigenvalue weighted by Gasteiger charge is -2.12. The molecular formula is C15H18N4O3. The first-order valence-corrected chi connectivity index (χ1v) is 6.95. The van der Waals surface area contributed by atoms with Gasteiger partial charge in [-0.25, -0.2) is 19.7 Å². The van der Waals surface area contributed by atoms with E-state index in [0.29, 0.717) is 17.9 Å². The Balaban J connectivity index is 1.85. The third-order valence-corrected chi connectivity index (χ3v) is 2.56. The average Bonchev–Trinajstić information content (AvgIpc) is 2.52. The number of esters is 1.